The Bertz CT molecular complexity index is 496. The molecule has 1 saturated heterocycles. The van der Waals surface area contributed by atoms with Crippen LogP contribution < -0.4 is 10.0 Å². The number of sulfonamides is 1. The van der Waals surface area contributed by atoms with Crippen LogP contribution in [0.1, 0.15) is 30.6 Å². The highest BCUT2D eigenvalue weighted by atomic mass is 79.9. The lowest BCUT2D eigenvalue weighted by molar-refractivity contribution is 0.392. The van der Waals surface area contributed by atoms with E-state index in [4.69, 9.17) is 0 Å². The first-order valence-corrected chi connectivity index (χ1v) is 9.81. The Morgan fingerprint density at radius 2 is 2.32 bits per heavy atom. The number of thiophene rings is 1. The molecule has 108 valence electrons. The van der Waals surface area contributed by atoms with Gasteiger partial charge in [0.05, 0.1) is 5.75 Å². The summed E-state index contributed by atoms with van der Waals surface area (Å²) in [6.45, 7) is 1.40. The van der Waals surface area contributed by atoms with E-state index < -0.39 is 10.0 Å². The molecule has 1 atom stereocenters. The van der Waals surface area contributed by atoms with Crippen LogP contribution >= 0.6 is 27.3 Å². The van der Waals surface area contributed by atoms with Gasteiger partial charge >= 0.3 is 0 Å². The van der Waals surface area contributed by atoms with E-state index in [0.29, 0.717) is 19.0 Å². The van der Waals surface area contributed by atoms with Gasteiger partial charge in [0.25, 0.3) is 0 Å². The standard InChI is InChI=1S/C12H19BrN2O2S2/c13-10-7-12(18-9-10)8-15-19(16,17)6-4-11-3-1-2-5-14-11/h7,9,11,14-15H,1-6,8H2. The molecule has 0 spiro atoms. The van der Waals surface area contributed by atoms with Crippen molar-refractivity contribution in [3.05, 3.63) is 20.8 Å². The van der Waals surface area contributed by atoms with Gasteiger partial charge in [-0.25, -0.2) is 13.1 Å². The minimum absolute atomic E-state index is 0.206. The van der Waals surface area contributed by atoms with Crippen molar-refractivity contribution < 1.29 is 8.42 Å². The summed E-state index contributed by atoms with van der Waals surface area (Å²) < 4.78 is 27.5. The average molecular weight is 367 g/mol. The molecule has 1 fully saturated rings. The van der Waals surface area contributed by atoms with E-state index in [1.54, 1.807) is 11.3 Å². The maximum Gasteiger partial charge on any atom is 0.211 e. The maximum atomic E-state index is 11.9. The second kappa shape index (κ2) is 7.17. The predicted octanol–water partition coefficient (Wildman–Crippen LogP) is 2.46. The van der Waals surface area contributed by atoms with Crippen molar-refractivity contribution in [3.63, 3.8) is 0 Å². The molecule has 7 heteroatoms. The van der Waals surface area contributed by atoms with Gasteiger partial charge in [0.2, 0.25) is 10.0 Å². The van der Waals surface area contributed by atoms with Crippen molar-refractivity contribution >= 4 is 37.3 Å². The molecule has 2 heterocycles. The van der Waals surface area contributed by atoms with Crippen LogP contribution in [-0.4, -0.2) is 26.8 Å². The van der Waals surface area contributed by atoms with Crippen LogP contribution in [-0.2, 0) is 16.6 Å². The number of hydrogen-bond donors (Lipinski definition) is 2. The highest BCUT2D eigenvalue weighted by Gasteiger charge is 2.17. The first-order valence-electron chi connectivity index (χ1n) is 6.49. The molecule has 0 saturated carbocycles. The molecule has 1 aromatic rings. The summed E-state index contributed by atoms with van der Waals surface area (Å²) in [6.07, 6.45) is 4.19. The highest BCUT2D eigenvalue weighted by Crippen LogP contribution is 2.19. The van der Waals surface area contributed by atoms with Crippen molar-refractivity contribution in [2.24, 2.45) is 0 Å². The summed E-state index contributed by atoms with van der Waals surface area (Å²) >= 11 is 4.91. The molecule has 1 aliphatic rings. The molecule has 1 aromatic heterocycles. The molecule has 1 aliphatic heterocycles. The van der Waals surface area contributed by atoms with E-state index in [-0.39, 0.29) is 5.75 Å². The molecule has 0 bridgehead atoms. The molecule has 0 radical (unpaired) electrons. The van der Waals surface area contributed by atoms with Crippen molar-refractivity contribution in [2.45, 2.75) is 38.3 Å². The second-order valence-corrected chi connectivity index (χ2v) is 8.64. The number of rotatable bonds is 6. The molecule has 19 heavy (non-hydrogen) atoms. The first-order chi connectivity index (χ1) is 9.05. The predicted molar refractivity (Wildman–Crippen MR) is 82.9 cm³/mol. The summed E-state index contributed by atoms with van der Waals surface area (Å²) in [5, 5.41) is 5.33. The summed E-state index contributed by atoms with van der Waals surface area (Å²) in [4.78, 5) is 1.02. The topological polar surface area (TPSA) is 58.2 Å². The summed E-state index contributed by atoms with van der Waals surface area (Å²) in [5.74, 6) is 0.206. The van der Waals surface area contributed by atoms with Crippen LogP contribution in [0.4, 0.5) is 0 Å². The van der Waals surface area contributed by atoms with E-state index in [2.05, 4.69) is 26.0 Å². The fourth-order valence-corrected chi connectivity index (χ4v) is 4.76. The number of halogens is 1. The third-order valence-corrected chi connectivity index (χ3v) is 6.29. The lowest BCUT2D eigenvalue weighted by atomic mass is 10.0. The van der Waals surface area contributed by atoms with E-state index in [1.807, 2.05) is 11.4 Å². The van der Waals surface area contributed by atoms with Crippen LogP contribution in [0.5, 0.6) is 0 Å². The van der Waals surface area contributed by atoms with Gasteiger partial charge in [-0.2, -0.15) is 0 Å². The van der Waals surface area contributed by atoms with Gasteiger partial charge in [0.15, 0.2) is 0 Å². The van der Waals surface area contributed by atoms with Gasteiger partial charge in [0.1, 0.15) is 0 Å². The Morgan fingerprint density at radius 1 is 1.47 bits per heavy atom. The summed E-state index contributed by atoms with van der Waals surface area (Å²) in [5.41, 5.74) is 0. The normalized spacial score (nSPS) is 20.6. The molecule has 2 N–H and O–H groups in total. The van der Waals surface area contributed by atoms with Gasteiger partial charge in [-0.05, 0) is 47.8 Å². The lowest BCUT2D eigenvalue weighted by Crippen LogP contribution is -2.37. The largest absolute Gasteiger partial charge is 0.314 e. The van der Waals surface area contributed by atoms with E-state index in [0.717, 1.165) is 22.3 Å². The smallest absolute Gasteiger partial charge is 0.211 e. The van der Waals surface area contributed by atoms with Crippen molar-refractivity contribution in [1.29, 1.82) is 0 Å². The average Bonchev–Trinajstić information content (AvgIpc) is 2.82. The molecule has 0 amide bonds. The molecule has 0 aliphatic carbocycles. The SMILES string of the molecule is O=S(=O)(CCC1CCCCN1)NCc1cc(Br)cs1. The van der Waals surface area contributed by atoms with E-state index >= 15 is 0 Å². The third kappa shape index (κ3) is 5.51. The maximum absolute atomic E-state index is 11.9. The number of piperidine rings is 1. The molecule has 2 rings (SSSR count). The van der Waals surface area contributed by atoms with Gasteiger partial charge in [-0.3, -0.25) is 0 Å². The first kappa shape index (κ1) is 15.4. The van der Waals surface area contributed by atoms with Gasteiger partial charge < -0.3 is 5.32 Å². The Balaban J connectivity index is 1.75. The van der Waals surface area contributed by atoms with E-state index in [1.165, 1.54) is 12.8 Å². The van der Waals surface area contributed by atoms with Crippen LogP contribution in [0.2, 0.25) is 0 Å². The highest BCUT2D eigenvalue weighted by molar-refractivity contribution is 9.10. The fraction of sp³-hybridized carbons (Fsp3) is 0.667. The second-order valence-electron chi connectivity index (χ2n) is 4.81. The summed E-state index contributed by atoms with van der Waals surface area (Å²) in [7, 11) is -3.17. The monoisotopic (exact) mass is 366 g/mol. The van der Waals surface area contributed by atoms with Crippen molar-refractivity contribution in [2.75, 3.05) is 12.3 Å². The van der Waals surface area contributed by atoms with Gasteiger partial charge in [-0.1, -0.05) is 6.42 Å². The molecule has 0 aromatic carbocycles. The quantitative estimate of drug-likeness (QED) is 0.812. The Labute approximate surface area is 127 Å². The number of nitrogens with one attached hydrogen (secondary N) is 2. The molecule has 1 unspecified atom stereocenters. The minimum atomic E-state index is -3.17. The van der Waals surface area contributed by atoms with Crippen LogP contribution in [0.3, 0.4) is 0 Å². The third-order valence-electron chi connectivity index (χ3n) is 3.24. The van der Waals surface area contributed by atoms with Crippen molar-refractivity contribution in [1.82, 2.24) is 10.0 Å². The summed E-state index contributed by atoms with van der Waals surface area (Å²) in [6, 6.07) is 2.30. The molecular weight excluding hydrogens is 348 g/mol. The molecular formula is C12H19BrN2O2S2. The Morgan fingerprint density at radius 3 is 2.95 bits per heavy atom. The molecule has 4 nitrogen and oxygen atoms in total. The van der Waals surface area contributed by atoms with Crippen LogP contribution in [0.15, 0.2) is 15.9 Å². The lowest BCUT2D eigenvalue weighted by Gasteiger charge is -2.23. The van der Waals surface area contributed by atoms with Crippen LogP contribution in [0.25, 0.3) is 0 Å². The number of hydrogen-bond acceptors (Lipinski definition) is 4. The van der Waals surface area contributed by atoms with Gasteiger partial charge in [0, 0.05) is 27.3 Å². The van der Waals surface area contributed by atoms with Crippen LogP contribution in [0, 0.1) is 0 Å². The van der Waals surface area contributed by atoms with Gasteiger partial charge in [-0.15, -0.1) is 11.3 Å². The zero-order valence-corrected chi connectivity index (χ0v) is 13.9. The zero-order chi connectivity index (χ0) is 13.7. The van der Waals surface area contributed by atoms with E-state index in [9.17, 15) is 8.42 Å². The minimum Gasteiger partial charge on any atom is -0.314 e. The van der Waals surface area contributed by atoms with Crippen molar-refractivity contribution in [3.8, 4) is 0 Å². The Kier molecular flexibility index (Phi) is 5.83. The zero-order valence-electron chi connectivity index (χ0n) is 10.7. The fourth-order valence-electron chi connectivity index (χ4n) is 2.17. The Hall–Kier alpha value is 0.0500.